The quantitative estimate of drug-likeness (QED) is 0.761. The van der Waals surface area contributed by atoms with Crippen molar-refractivity contribution >= 4 is 21.8 Å². The number of rotatable bonds is 4. The summed E-state index contributed by atoms with van der Waals surface area (Å²) in [5.41, 5.74) is 0.389. The third-order valence-electron chi connectivity index (χ3n) is 4.52. The Labute approximate surface area is 127 Å². The Morgan fingerprint density at radius 3 is 2.16 bits per heavy atom. The molecule has 1 amide bonds. The number of carbonyl (C=O) groups is 1. The van der Waals surface area contributed by atoms with Crippen LogP contribution in [0.15, 0.2) is 0 Å². The van der Waals surface area contributed by atoms with Gasteiger partial charge in [-0.1, -0.05) is 50.5 Å². The normalized spacial score (nSPS) is 26.3. The van der Waals surface area contributed by atoms with Crippen molar-refractivity contribution in [2.45, 2.75) is 65.1 Å². The first-order valence-corrected chi connectivity index (χ1v) is 8.55. The van der Waals surface area contributed by atoms with Crippen molar-refractivity contribution in [2.75, 3.05) is 6.54 Å². The van der Waals surface area contributed by atoms with Crippen LogP contribution in [0.25, 0.3) is 0 Å². The molecule has 1 aliphatic carbocycles. The van der Waals surface area contributed by atoms with E-state index in [1.165, 1.54) is 12.8 Å². The van der Waals surface area contributed by atoms with Crippen LogP contribution in [0.4, 0.5) is 0 Å². The minimum absolute atomic E-state index is 0.241. The highest BCUT2D eigenvalue weighted by Gasteiger charge is 2.32. The predicted octanol–water partition coefficient (Wildman–Crippen LogP) is 4.37. The molecule has 3 heteroatoms. The molecule has 0 aliphatic heterocycles. The average Bonchev–Trinajstić information content (AvgIpc) is 2.34. The van der Waals surface area contributed by atoms with Crippen molar-refractivity contribution in [3.05, 3.63) is 0 Å². The first-order chi connectivity index (χ1) is 8.71. The van der Waals surface area contributed by atoms with Crippen LogP contribution in [-0.4, -0.2) is 17.3 Å². The topological polar surface area (TPSA) is 29.1 Å². The van der Waals surface area contributed by atoms with Gasteiger partial charge in [-0.15, -0.1) is 0 Å². The lowest BCUT2D eigenvalue weighted by Gasteiger charge is -2.36. The molecule has 0 radical (unpaired) electrons. The monoisotopic (exact) mass is 331 g/mol. The third kappa shape index (κ3) is 5.45. The van der Waals surface area contributed by atoms with Crippen LogP contribution in [0.5, 0.6) is 0 Å². The lowest BCUT2D eigenvalue weighted by Crippen LogP contribution is -2.38. The van der Waals surface area contributed by atoms with Gasteiger partial charge in [0.15, 0.2) is 0 Å². The highest BCUT2D eigenvalue weighted by atomic mass is 79.9. The molecule has 0 bridgehead atoms. The molecule has 1 atom stereocenters. The molecule has 1 unspecified atom stereocenters. The molecule has 0 aromatic heterocycles. The molecule has 19 heavy (non-hydrogen) atoms. The fraction of sp³-hybridized carbons (Fsp3) is 0.938. The molecule has 1 N–H and O–H groups in total. The minimum atomic E-state index is 0.241. The van der Waals surface area contributed by atoms with E-state index in [9.17, 15) is 4.79 Å². The maximum Gasteiger partial charge on any atom is 0.223 e. The Hall–Kier alpha value is -0.0500. The summed E-state index contributed by atoms with van der Waals surface area (Å²) in [6.45, 7) is 12.0. The van der Waals surface area contributed by atoms with Gasteiger partial charge in [-0.05, 0) is 42.9 Å². The molecule has 2 nitrogen and oxygen atoms in total. The second-order valence-corrected chi connectivity index (χ2v) is 8.60. The van der Waals surface area contributed by atoms with Crippen LogP contribution in [0.2, 0.25) is 0 Å². The smallest absolute Gasteiger partial charge is 0.223 e. The summed E-state index contributed by atoms with van der Waals surface area (Å²) in [7, 11) is 0. The Balaban J connectivity index is 2.33. The Kier molecular flexibility index (Phi) is 6.35. The number of hydrogen-bond acceptors (Lipinski definition) is 1. The van der Waals surface area contributed by atoms with E-state index < -0.39 is 0 Å². The molecule has 0 saturated heterocycles. The minimum Gasteiger partial charge on any atom is -0.355 e. The summed E-state index contributed by atoms with van der Waals surface area (Å²) in [4.78, 5) is 12.5. The summed E-state index contributed by atoms with van der Waals surface area (Å²) in [5, 5.41) is 3.10. The van der Waals surface area contributed by atoms with Crippen LogP contribution in [0.1, 0.15) is 60.3 Å². The second kappa shape index (κ2) is 7.10. The zero-order valence-electron chi connectivity index (χ0n) is 13.1. The van der Waals surface area contributed by atoms with E-state index in [4.69, 9.17) is 0 Å². The largest absolute Gasteiger partial charge is 0.355 e. The molecular formula is C16H30BrNO. The molecular weight excluding hydrogens is 302 g/mol. The maximum atomic E-state index is 12.1. The number of halogens is 1. The fourth-order valence-corrected chi connectivity index (χ4v) is 2.96. The van der Waals surface area contributed by atoms with Crippen molar-refractivity contribution in [1.29, 1.82) is 0 Å². The van der Waals surface area contributed by atoms with E-state index in [-0.39, 0.29) is 11.8 Å². The van der Waals surface area contributed by atoms with Crippen molar-refractivity contribution in [3.8, 4) is 0 Å². The predicted molar refractivity (Wildman–Crippen MR) is 85.5 cm³/mol. The average molecular weight is 332 g/mol. The van der Waals surface area contributed by atoms with Gasteiger partial charge in [-0.2, -0.15) is 0 Å². The highest BCUT2D eigenvalue weighted by molar-refractivity contribution is 9.09. The van der Waals surface area contributed by atoms with Gasteiger partial charge in [-0.3, -0.25) is 4.79 Å². The van der Waals surface area contributed by atoms with Gasteiger partial charge in [-0.25, -0.2) is 0 Å². The van der Waals surface area contributed by atoms with E-state index in [2.05, 4.69) is 55.9 Å². The van der Waals surface area contributed by atoms with E-state index >= 15 is 0 Å². The van der Waals surface area contributed by atoms with Crippen molar-refractivity contribution < 1.29 is 4.79 Å². The van der Waals surface area contributed by atoms with Gasteiger partial charge in [0.05, 0.1) is 0 Å². The molecule has 1 rings (SSSR count). The molecule has 0 aromatic carbocycles. The van der Waals surface area contributed by atoms with Gasteiger partial charge < -0.3 is 5.32 Å². The van der Waals surface area contributed by atoms with Gasteiger partial charge in [0.1, 0.15) is 0 Å². The summed E-state index contributed by atoms with van der Waals surface area (Å²) >= 11 is 3.62. The first-order valence-electron chi connectivity index (χ1n) is 7.63. The SMILES string of the molecule is CC(C)C(Br)CNC(=O)C1CCC(C(C)(C)C)CC1. The standard InChI is InChI=1S/C16H30BrNO/c1-11(2)14(17)10-18-15(19)12-6-8-13(9-7-12)16(3,4)5/h11-14H,6-10H2,1-5H3,(H,18,19). The summed E-state index contributed by atoms with van der Waals surface area (Å²) < 4.78 is 0. The Morgan fingerprint density at radius 1 is 1.21 bits per heavy atom. The molecule has 1 saturated carbocycles. The summed E-state index contributed by atoms with van der Waals surface area (Å²) in [6.07, 6.45) is 4.51. The number of alkyl halides is 1. The first kappa shape index (κ1) is 17.0. The van der Waals surface area contributed by atoms with Crippen LogP contribution in [0, 0.1) is 23.2 Å². The number of hydrogen-bond donors (Lipinski definition) is 1. The van der Waals surface area contributed by atoms with E-state index in [0.29, 0.717) is 16.2 Å². The van der Waals surface area contributed by atoms with E-state index in [0.717, 1.165) is 25.3 Å². The molecule has 112 valence electrons. The maximum absolute atomic E-state index is 12.1. The summed E-state index contributed by atoms with van der Waals surface area (Å²) in [5.74, 6) is 1.83. The molecule has 1 fully saturated rings. The van der Waals surface area contributed by atoms with Gasteiger partial charge in [0, 0.05) is 17.3 Å². The van der Waals surface area contributed by atoms with Crippen LogP contribution >= 0.6 is 15.9 Å². The molecule has 0 heterocycles. The summed E-state index contributed by atoms with van der Waals surface area (Å²) in [6, 6.07) is 0. The Bertz CT molecular complexity index is 288. The zero-order valence-corrected chi connectivity index (χ0v) is 14.7. The Morgan fingerprint density at radius 2 is 1.74 bits per heavy atom. The van der Waals surface area contributed by atoms with E-state index in [1.54, 1.807) is 0 Å². The zero-order chi connectivity index (χ0) is 14.6. The number of nitrogens with one attached hydrogen (secondary N) is 1. The highest BCUT2D eigenvalue weighted by Crippen LogP contribution is 2.39. The van der Waals surface area contributed by atoms with Crippen LogP contribution in [-0.2, 0) is 4.79 Å². The molecule has 0 aromatic rings. The third-order valence-corrected chi connectivity index (χ3v) is 5.90. The van der Waals surface area contributed by atoms with Crippen molar-refractivity contribution in [2.24, 2.45) is 23.2 Å². The number of carbonyl (C=O) groups excluding carboxylic acids is 1. The molecule has 0 spiro atoms. The van der Waals surface area contributed by atoms with Gasteiger partial charge in [0.2, 0.25) is 5.91 Å². The second-order valence-electron chi connectivity index (χ2n) is 7.42. The molecule has 1 aliphatic rings. The van der Waals surface area contributed by atoms with Gasteiger partial charge in [0.25, 0.3) is 0 Å². The lowest BCUT2D eigenvalue weighted by atomic mass is 9.69. The number of amides is 1. The van der Waals surface area contributed by atoms with Crippen LogP contribution < -0.4 is 5.32 Å². The van der Waals surface area contributed by atoms with Crippen molar-refractivity contribution in [3.63, 3.8) is 0 Å². The van der Waals surface area contributed by atoms with E-state index in [1.807, 2.05) is 0 Å². The van der Waals surface area contributed by atoms with Crippen LogP contribution in [0.3, 0.4) is 0 Å². The van der Waals surface area contributed by atoms with Gasteiger partial charge >= 0.3 is 0 Å². The van der Waals surface area contributed by atoms with Crippen molar-refractivity contribution in [1.82, 2.24) is 5.32 Å². The lowest BCUT2D eigenvalue weighted by molar-refractivity contribution is -0.126. The fourth-order valence-electron chi connectivity index (χ4n) is 2.80.